The van der Waals surface area contributed by atoms with Crippen molar-refractivity contribution in [3.05, 3.63) is 5.82 Å². The summed E-state index contributed by atoms with van der Waals surface area (Å²) in [6.07, 6.45) is 15.3. The number of thioether (sulfide) groups is 2. The number of guanidine groups is 1. The van der Waals surface area contributed by atoms with Crippen LogP contribution in [0.15, 0.2) is 10.1 Å². The number of aryl methyl sites for hydroxylation is 1. The number of hydrogen-bond acceptors (Lipinski definition) is 5. The average molecular weight is 425 g/mol. The van der Waals surface area contributed by atoms with E-state index < -0.39 is 0 Å². The number of rotatable bonds is 9. The molecule has 0 spiro atoms. The highest BCUT2D eigenvalue weighted by molar-refractivity contribution is 7.99. The quantitative estimate of drug-likeness (QED) is 0.271. The average Bonchev–Trinajstić information content (AvgIpc) is 3.45. The molecule has 1 heterocycles. The molecule has 1 aromatic rings. The summed E-state index contributed by atoms with van der Waals surface area (Å²) < 4.78 is 2.41. The summed E-state index contributed by atoms with van der Waals surface area (Å²) in [6.45, 7) is 3.85. The van der Waals surface area contributed by atoms with Gasteiger partial charge in [-0.2, -0.15) is 11.8 Å². The van der Waals surface area contributed by atoms with Crippen LogP contribution >= 0.6 is 23.5 Å². The van der Waals surface area contributed by atoms with Gasteiger partial charge in [-0.3, -0.25) is 4.99 Å². The first-order valence-electron chi connectivity index (χ1n) is 10.8. The lowest BCUT2D eigenvalue weighted by Crippen LogP contribution is -2.42. The highest BCUT2D eigenvalue weighted by Crippen LogP contribution is 2.33. The Balaban J connectivity index is 1.52. The van der Waals surface area contributed by atoms with Gasteiger partial charge in [-0.05, 0) is 58.0 Å². The van der Waals surface area contributed by atoms with Gasteiger partial charge >= 0.3 is 0 Å². The van der Waals surface area contributed by atoms with Gasteiger partial charge in [-0.15, -0.1) is 10.2 Å². The second-order valence-electron chi connectivity index (χ2n) is 7.79. The van der Waals surface area contributed by atoms with Crippen LogP contribution in [-0.4, -0.2) is 57.6 Å². The molecule has 2 N–H and O–H groups in total. The van der Waals surface area contributed by atoms with E-state index in [-0.39, 0.29) is 0 Å². The second-order valence-corrected chi connectivity index (χ2v) is 9.70. The van der Waals surface area contributed by atoms with Crippen molar-refractivity contribution in [2.24, 2.45) is 4.99 Å². The summed E-state index contributed by atoms with van der Waals surface area (Å²) in [5.74, 6) is 2.11. The summed E-state index contributed by atoms with van der Waals surface area (Å²) in [7, 11) is 0. The summed E-state index contributed by atoms with van der Waals surface area (Å²) in [6, 6.07) is 1.16. The van der Waals surface area contributed by atoms with Crippen molar-refractivity contribution >= 4 is 29.5 Å². The zero-order chi connectivity index (χ0) is 19.8. The Kier molecular flexibility index (Phi) is 8.83. The van der Waals surface area contributed by atoms with Crippen LogP contribution < -0.4 is 10.6 Å². The molecule has 2 aliphatic rings. The van der Waals surface area contributed by atoms with E-state index in [2.05, 4.69) is 44.8 Å². The minimum atomic E-state index is 0.560. The Hall–Kier alpha value is -0.890. The maximum atomic E-state index is 4.82. The first-order chi connectivity index (χ1) is 13.7. The van der Waals surface area contributed by atoms with Crippen LogP contribution in [0.4, 0.5) is 0 Å². The fourth-order valence-electron chi connectivity index (χ4n) is 4.37. The van der Waals surface area contributed by atoms with Crippen LogP contribution in [0.3, 0.4) is 0 Å². The lowest BCUT2D eigenvalue weighted by molar-refractivity contribution is 0.461. The molecule has 0 saturated heterocycles. The third-order valence-electron chi connectivity index (χ3n) is 5.84. The SMILES string of the molecule is CCNC(=NCCCc1nnc(SC)n1C1CCCC1)NC1CCC(SC)C1. The van der Waals surface area contributed by atoms with Crippen molar-refractivity contribution in [1.29, 1.82) is 0 Å². The van der Waals surface area contributed by atoms with E-state index in [9.17, 15) is 0 Å². The topological polar surface area (TPSA) is 67.1 Å². The molecule has 2 atom stereocenters. The van der Waals surface area contributed by atoms with Crippen LogP contribution in [0.2, 0.25) is 0 Å². The molecule has 0 bridgehead atoms. The van der Waals surface area contributed by atoms with Gasteiger partial charge in [0.25, 0.3) is 0 Å². The van der Waals surface area contributed by atoms with Gasteiger partial charge in [0.2, 0.25) is 0 Å². The molecule has 8 heteroatoms. The van der Waals surface area contributed by atoms with Crippen LogP contribution in [0.25, 0.3) is 0 Å². The standard InChI is InChI=1S/C20H36N6S2/c1-4-21-19(23-15-11-12-17(14-15)27-2)22-13-7-10-18-24-25-20(28-3)26(18)16-8-5-6-9-16/h15-17H,4-14H2,1-3H3,(H2,21,22,23). The number of aliphatic imine (C=N–C) groups is 1. The first-order valence-corrected chi connectivity index (χ1v) is 13.3. The Morgan fingerprint density at radius 3 is 2.68 bits per heavy atom. The fourth-order valence-corrected chi connectivity index (χ4v) is 5.74. The minimum Gasteiger partial charge on any atom is -0.357 e. The van der Waals surface area contributed by atoms with Crippen molar-refractivity contribution in [1.82, 2.24) is 25.4 Å². The lowest BCUT2D eigenvalue weighted by atomic mass is 10.2. The van der Waals surface area contributed by atoms with Gasteiger partial charge in [-0.25, -0.2) is 0 Å². The molecule has 0 aromatic carbocycles. The molecule has 0 aliphatic heterocycles. The van der Waals surface area contributed by atoms with Crippen molar-refractivity contribution in [3.63, 3.8) is 0 Å². The smallest absolute Gasteiger partial charge is 0.191 e. The molecule has 0 radical (unpaired) electrons. The summed E-state index contributed by atoms with van der Waals surface area (Å²) >= 11 is 3.71. The molecule has 2 unspecified atom stereocenters. The third-order valence-corrected chi connectivity index (χ3v) is 7.58. The molecule has 3 rings (SSSR count). The highest BCUT2D eigenvalue weighted by atomic mass is 32.2. The largest absolute Gasteiger partial charge is 0.357 e. The molecule has 28 heavy (non-hydrogen) atoms. The molecule has 2 saturated carbocycles. The van der Waals surface area contributed by atoms with Crippen molar-refractivity contribution < 1.29 is 0 Å². The summed E-state index contributed by atoms with van der Waals surface area (Å²) in [5.41, 5.74) is 0. The van der Waals surface area contributed by atoms with Gasteiger partial charge < -0.3 is 15.2 Å². The Bertz CT molecular complexity index is 626. The maximum Gasteiger partial charge on any atom is 0.191 e. The number of hydrogen-bond donors (Lipinski definition) is 2. The molecule has 0 amide bonds. The molecular formula is C20H36N6S2. The van der Waals surface area contributed by atoms with Crippen molar-refractivity contribution in [3.8, 4) is 0 Å². The first kappa shape index (κ1) is 21.8. The van der Waals surface area contributed by atoms with Crippen molar-refractivity contribution in [2.75, 3.05) is 25.6 Å². The van der Waals surface area contributed by atoms with E-state index in [4.69, 9.17) is 4.99 Å². The van der Waals surface area contributed by atoms with Crippen LogP contribution in [0.5, 0.6) is 0 Å². The molecule has 6 nitrogen and oxygen atoms in total. The Morgan fingerprint density at radius 1 is 1.18 bits per heavy atom. The Morgan fingerprint density at radius 2 is 2.00 bits per heavy atom. The predicted octanol–water partition coefficient (Wildman–Crippen LogP) is 3.89. The van der Waals surface area contributed by atoms with Gasteiger partial charge in [0.1, 0.15) is 5.82 Å². The van der Waals surface area contributed by atoms with E-state index in [0.29, 0.717) is 12.1 Å². The van der Waals surface area contributed by atoms with Gasteiger partial charge in [0.15, 0.2) is 11.1 Å². The van der Waals surface area contributed by atoms with Gasteiger partial charge in [0, 0.05) is 36.8 Å². The second kappa shape index (κ2) is 11.3. The number of nitrogens with zero attached hydrogens (tertiary/aromatic N) is 4. The van der Waals surface area contributed by atoms with E-state index in [1.54, 1.807) is 11.8 Å². The van der Waals surface area contributed by atoms with Gasteiger partial charge in [-0.1, -0.05) is 24.6 Å². The monoisotopic (exact) mass is 424 g/mol. The molecule has 1 aromatic heterocycles. The fraction of sp³-hybridized carbons (Fsp3) is 0.850. The molecule has 2 fully saturated rings. The predicted molar refractivity (Wildman–Crippen MR) is 122 cm³/mol. The van der Waals surface area contributed by atoms with Crippen molar-refractivity contribution in [2.45, 2.75) is 87.2 Å². The van der Waals surface area contributed by atoms with E-state index in [1.807, 2.05) is 11.8 Å². The minimum absolute atomic E-state index is 0.560. The highest BCUT2D eigenvalue weighted by Gasteiger charge is 2.25. The molecular weight excluding hydrogens is 388 g/mol. The molecule has 158 valence electrons. The van der Waals surface area contributed by atoms with E-state index in [1.165, 1.54) is 44.9 Å². The van der Waals surface area contributed by atoms with Crippen LogP contribution in [0.1, 0.15) is 70.2 Å². The summed E-state index contributed by atoms with van der Waals surface area (Å²) in [5, 5.41) is 17.8. The number of aromatic nitrogens is 3. The number of nitrogens with one attached hydrogen (secondary N) is 2. The Labute approximate surface area is 178 Å². The molecule has 2 aliphatic carbocycles. The summed E-state index contributed by atoms with van der Waals surface area (Å²) in [4.78, 5) is 4.82. The lowest BCUT2D eigenvalue weighted by Gasteiger charge is -2.17. The van der Waals surface area contributed by atoms with Crippen LogP contribution in [0, 0.1) is 0 Å². The normalized spacial score (nSPS) is 23.5. The zero-order valence-electron chi connectivity index (χ0n) is 17.6. The van der Waals surface area contributed by atoms with E-state index >= 15 is 0 Å². The van der Waals surface area contributed by atoms with E-state index in [0.717, 1.165) is 48.1 Å². The zero-order valence-corrected chi connectivity index (χ0v) is 19.2. The third kappa shape index (κ3) is 5.81. The van der Waals surface area contributed by atoms with Gasteiger partial charge in [0.05, 0.1) is 0 Å². The van der Waals surface area contributed by atoms with Crippen LogP contribution in [-0.2, 0) is 6.42 Å². The maximum absolute atomic E-state index is 4.82.